The van der Waals surface area contributed by atoms with Gasteiger partial charge in [-0.25, -0.2) is 13.8 Å². The molecule has 0 fully saturated rings. The van der Waals surface area contributed by atoms with Crippen LogP contribution in [0, 0.1) is 0 Å². The van der Waals surface area contributed by atoms with Gasteiger partial charge in [-0.1, -0.05) is 18.2 Å². The molecular weight excluding hydrogens is 340 g/mol. The van der Waals surface area contributed by atoms with E-state index in [1.807, 2.05) is 17.5 Å². The van der Waals surface area contributed by atoms with Gasteiger partial charge in [0.15, 0.2) is 5.13 Å². The zero-order valence-corrected chi connectivity index (χ0v) is 15.5. The Labute approximate surface area is 151 Å². The van der Waals surface area contributed by atoms with Gasteiger partial charge in [0.1, 0.15) is 12.5 Å². The minimum atomic E-state index is -0.783. The maximum absolute atomic E-state index is 13.3. The van der Waals surface area contributed by atoms with E-state index < -0.39 is 12.5 Å². The van der Waals surface area contributed by atoms with Gasteiger partial charge in [0.25, 0.3) is 0 Å². The Kier molecular flexibility index (Phi) is 7.13. The van der Waals surface area contributed by atoms with Crippen LogP contribution in [0.4, 0.5) is 19.6 Å². The fourth-order valence-corrected chi connectivity index (χ4v) is 3.14. The molecule has 25 heavy (non-hydrogen) atoms. The van der Waals surface area contributed by atoms with Crippen LogP contribution in [0.3, 0.4) is 0 Å². The van der Waals surface area contributed by atoms with Gasteiger partial charge < -0.3 is 10.2 Å². The number of nitrogens with one attached hydrogen (secondary N) is 1. The Morgan fingerprint density at radius 1 is 1.24 bits per heavy atom. The molecule has 0 bridgehead atoms. The van der Waals surface area contributed by atoms with Crippen molar-refractivity contribution in [3.8, 4) is 11.3 Å². The average molecular weight is 363 g/mol. The quantitative estimate of drug-likeness (QED) is 0.601. The molecule has 1 heterocycles. The molecule has 0 radical (unpaired) electrons. The molecule has 0 aliphatic rings. The SMILES string of the molecule is C/C=C(F)\C=C(/CF)Nc1nc(-c2ccc(N(CC)CC)cc2)cs1. The molecule has 0 atom stereocenters. The first-order chi connectivity index (χ1) is 12.1. The standard InChI is InChI=1S/C19H23F2N3S/c1-4-15(21)11-16(12-20)22-19-23-18(13-25-19)14-7-9-17(10-8-14)24(5-2)6-3/h4,7-11,13H,5-6,12H2,1-3H3,(H,22,23)/b15-4+,16-11+. The van der Waals surface area contributed by atoms with Gasteiger partial charge in [0.05, 0.1) is 11.4 Å². The van der Waals surface area contributed by atoms with E-state index in [2.05, 4.69) is 41.2 Å². The van der Waals surface area contributed by atoms with Crippen LogP contribution < -0.4 is 10.2 Å². The lowest BCUT2D eigenvalue weighted by atomic mass is 10.1. The summed E-state index contributed by atoms with van der Waals surface area (Å²) in [6.07, 6.45) is 2.42. The highest BCUT2D eigenvalue weighted by Crippen LogP contribution is 2.27. The molecule has 134 valence electrons. The van der Waals surface area contributed by atoms with Crippen molar-refractivity contribution in [1.82, 2.24) is 4.98 Å². The van der Waals surface area contributed by atoms with E-state index in [1.165, 1.54) is 23.1 Å². The number of rotatable bonds is 8. The minimum Gasteiger partial charge on any atom is -0.372 e. The number of benzene rings is 1. The minimum absolute atomic E-state index is 0.147. The number of halogens is 2. The summed E-state index contributed by atoms with van der Waals surface area (Å²) in [5, 5.41) is 5.27. The van der Waals surface area contributed by atoms with E-state index in [9.17, 15) is 8.78 Å². The number of hydrogen-bond acceptors (Lipinski definition) is 4. The molecule has 0 saturated carbocycles. The number of alkyl halides is 1. The van der Waals surface area contributed by atoms with Crippen molar-refractivity contribution in [2.24, 2.45) is 0 Å². The molecule has 6 heteroatoms. The first-order valence-electron chi connectivity index (χ1n) is 8.27. The van der Waals surface area contributed by atoms with Crippen LogP contribution in [0.15, 0.2) is 53.3 Å². The highest BCUT2D eigenvalue weighted by molar-refractivity contribution is 7.14. The third-order valence-electron chi connectivity index (χ3n) is 3.80. The van der Waals surface area contributed by atoms with Crippen molar-refractivity contribution in [2.45, 2.75) is 20.8 Å². The van der Waals surface area contributed by atoms with Crippen molar-refractivity contribution in [3.63, 3.8) is 0 Å². The summed E-state index contributed by atoms with van der Waals surface area (Å²) in [6, 6.07) is 8.20. The smallest absolute Gasteiger partial charge is 0.187 e. The Bertz CT molecular complexity index is 731. The predicted molar refractivity (Wildman–Crippen MR) is 104 cm³/mol. The molecule has 1 N–H and O–H groups in total. The fourth-order valence-electron chi connectivity index (χ4n) is 2.39. The zero-order chi connectivity index (χ0) is 18.2. The van der Waals surface area contributed by atoms with E-state index in [0.29, 0.717) is 5.13 Å². The third kappa shape index (κ3) is 5.13. The second-order valence-electron chi connectivity index (χ2n) is 5.36. The summed E-state index contributed by atoms with van der Waals surface area (Å²) >= 11 is 1.36. The Morgan fingerprint density at radius 2 is 1.92 bits per heavy atom. The summed E-state index contributed by atoms with van der Waals surface area (Å²) in [6.45, 7) is 6.95. The van der Waals surface area contributed by atoms with E-state index in [0.717, 1.165) is 30.4 Å². The topological polar surface area (TPSA) is 28.2 Å². The molecule has 0 spiro atoms. The second-order valence-corrected chi connectivity index (χ2v) is 6.22. The van der Waals surface area contributed by atoms with Crippen LogP contribution in [0.2, 0.25) is 0 Å². The van der Waals surface area contributed by atoms with E-state index in [4.69, 9.17) is 0 Å². The highest BCUT2D eigenvalue weighted by Gasteiger charge is 2.08. The summed E-state index contributed by atoms with van der Waals surface area (Å²) in [5.74, 6) is -0.482. The van der Waals surface area contributed by atoms with Gasteiger partial charge in [0.2, 0.25) is 0 Å². The normalized spacial score (nSPS) is 12.4. The van der Waals surface area contributed by atoms with Gasteiger partial charge in [-0.15, -0.1) is 11.3 Å². The molecule has 3 nitrogen and oxygen atoms in total. The lowest BCUT2D eigenvalue weighted by Crippen LogP contribution is -2.21. The lowest BCUT2D eigenvalue weighted by Gasteiger charge is -2.20. The van der Waals surface area contributed by atoms with Crippen molar-refractivity contribution in [3.05, 3.63) is 53.3 Å². The maximum Gasteiger partial charge on any atom is 0.187 e. The van der Waals surface area contributed by atoms with Gasteiger partial charge in [0, 0.05) is 29.7 Å². The van der Waals surface area contributed by atoms with Gasteiger partial charge in [-0.3, -0.25) is 0 Å². The van der Waals surface area contributed by atoms with Crippen molar-refractivity contribution in [2.75, 3.05) is 30.0 Å². The van der Waals surface area contributed by atoms with Crippen LogP contribution in [0.25, 0.3) is 11.3 Å². The molecule has 1 aromatic heterocycles. The maximum atomic E-state index is 13.3. The number of thiazole rings is 1. The third-order valence-corrected chi connectivity index (χ3v) is 4.55. The molecule has 0 unspecified atom stereocenters. The molecule has 0 amide bonds. The van der Waals surface area contributed by atoms with Gasteiger partial charge in [-0.05, 0) is 39.0 Å². The van der Waals surface area contributed by atoms with Gasteiger partial charge >= 0.3 is 0 Å². The Balaban J connectivity index is 2.14. The van der Waals surface area contributed by atoms with Crippen molar-refractivity contribution >= 4 is 22.2 Å². The molecule has 2 rings (SSSR count). The first kappa shape index (κ1) is 19.1. The first-order valence-corrected chi connectivity index (χ1v) is 9.15. The van der Waals surface area contributed by atoms with Crippen LogP contribution >= 0.6 is 11.3 Å². The van der Waals surface area contributed by atoms with Crippen LogP contribution in [-0.2, 0) is 0 Å². The second kappa shape index (κ2) is 9.32. The number of aromatic nitrogens is 1. The number of nitrogens with zero attached hydrogens (tertiary/aromatic N) is 2. The van der Waals surface area contributed by atoms with Crippen molar-refractivity contribution < 1.29 is 8.78 Å². The van der Waals surface area contributed by atoms with Crippen molar-refractivity contribution in [1.29, 1.82) is 0 Å². The predicted octanol–water partition coefficient (Wildman–Crippen LogP) is 5.79. The van der Waals surface area contributed by atoms with Crippen LogP contribution in [-0.4, -0.2) is 24.7 Å². The summed E-state index contributed by atoms with van der Waals surface area (Å²) in [7, 11) is 0. The van der Waals surface area contributed by atoms with E-state index in [-0.39, 0.29) is 5.70 Å². The molecular formula is C19H23F2N3S. The Morgan fingerprint density at radius 3 is 2.48 bits per heavy atom. The largest absolute Gasteiger partial charge is 0.372 e. The molecule has 2 aromatic rings. The lowest BCUT2D eigenvalue weighted by molar-refractivity contribution is 0.542. The Hall–Kier alpha value is -2.21. The van der Waals surface area contributed by atoms with E-state index >= 15 is 0 Å². The monoisotopic (exact) mass is 363 g/mol. The van der Waals surface area contributed by atoms with Crippen LogP contribution in [0.5, 0.6) is 0 Å². The number of allylic oxidation sites excluding steroid dienone is 4. The van der Waals surface area contributed by atoms with Crippen LogP contribution in [0.1, 0.15) is 20.8 Å². The molecule has 0 aliphatic carbocycles. The molecule has 0 aliphatic heterocycles. The number of anilines is 2. The average Bonchev–Trinajstić information content (AvgIpc) is 3.11. The summed E-state index contributed by atoms with van der Waals surface area (Å²) in [4.78, 5) is 6.73. The molecule has 1 aromatic carbocycles. The van der Waals surface area contributed by atoms with Gasteiger partial charge in [-0.2, -0.15) is 0 Å². The fraction of sp³-hybridized carbons (Fsp3) is 0.316. The van der Waals surface area contributed by atoms with E-state index in [1.54, 1.807) is 6.92 Å². The summed E-state index contributed by atoms with van der Waals surface area (Å²) < 4.78 is 26.3. The highest BCUT2D eigenvalue weighted by atomic mass is 32.1. The molecule has 0 saturated heterocycles. The zero-order valence-electron chi connectivity index (χ0n) is 14.7. The summed E-state index contributed by atoms with van der Waals surface area (Å²) in [5.41, 5.74) is 3.12. The number of hydrogen-bond donors (Lipinski definition) is 1.